The van der Waals surface area contributed by atoms with Gasteiger partial charge < -0.3 is 16.0 Å². The number of amides is 3. The first kappa shape index (κ1) is 34.4. The molecular formula is C40H31ClN4O3S2. The van der Waals surface area contributed by atoms with E-state index in [1.54, 1.807) is 61.5 Å². The Morgan fingerprint density at radius 1 is 0.780 bits per heavy atom. The number of carbonyl (C=O) groups excluding carboxylic acids is 3. The number of hydrogen-bond donors (Lipinski definition) is 3. The van der Waals surface area contributed by atoms with Crippen molar-refractivity contribution in [3.05, 3.63) is 161 Å². The summed E-state index contributed by atoms with van der Waals surface area (Å²) >= 11 is 8.98. The Hall–Kier alpha value is -5.48. The molecule has 6 rings (SSSR count). The number of nitrogens with one attached hydrogen (secondary N) is 3. The van der Waals surface area contributed by atoms with Crippen LogP contribution in [0.1, 0.15) is 22.8 Å². The number of carbonyl (C=O) groups is 3. The Bertz CT molecular complexity index is 2150. The molecule has 1 atom stereocenters. The zero-order valence-electron chi connectivity index (χ0n) is 26.8. The van der Waals surface area contributed by atoms with Gasteiger partial charge in [0.05, 0.1) is 10.9 Å². The average Bonchev–Trinajstić information content (AvgIpc) is 3.60. The summed E-state index contributed by atoms with van der Waals surface area (Å²) in [7, 11) is 0. The van der Waals surface area contributed by atoms with Crippen LogP contribution in [0.4, 0.5) is 10.8 Å². The number of aromatic nitrogens is 1. The smallest absolute Gasteiger partial charge is 0.272 e. The lowest BCUT2D eigenvalue weighted by molar-refractivity contribution is -0.115. The highest BCUT2D eigenvalue weighted by Crippen LogP contribution is 2.31. The van der Waals surface area contributed by atoms with Crippen molar-refractivity contribution < 1.29 is 14.4 Å². The molecule has 5 aromatic carbocycles. The van der Waals surface area contributed by atoms with E-state index >= 15 is 0 Å². The minimum absolute atomic E-state index is 0.0803. The predicted molar refractivity (Wildman–Crippen MR) is 205 cm³/mol. The number of benzene rings is 5. The zero-order chi connectivity index (χ0) is 34.9. The Morgan fingerprint density at radius 3 is 2.20 bits per heavy atom. The fourth-order valence-electron chi connectivity index (χ4n) is 4.95. The van der Waals surface area contributed by atoms with Gasteiger partial charge in [0.15, 0.2) is 5.13 Å². The molecule has 7 nitrogen and oxygen atoms in total. The summed E-state index contributed by atoms with van der Waals surface area (Å²) in [6, 6.07) is 41.1. The van der Waals surface area contributed by atoms with Crippen LogP contribution in [0.3, 0.4) is 0 Å². The molecule has 0 aliphatic carbocycles. The zero-order valence-corrected chi connectivity index (χ0v) is 29.2. The van der Waals surface area contributed by atoms with Crippen LogP contribution < -0.4 is 16.0 Å². The van der Waals surface area contributed by atoms with Gasteiger partial charge >= 0.3 is 0 Å². The first-order chi connectivity index (χ1) is 24.3. The second-order valence-electron chi connectivity index (χ2n) is 11.1. The van der Waals surface area contributed by atoms with Crippen molar-refractivity contribution in [3.8, 4) is 22.4 Å². The highest BCUT2D eigenvalue weighted by atomic mass is 35.5. The lowest BCUT2D eigenvalue weighted by Gasteiger charge is -2.14. The molecule has 0 aliphatic rings. The molecule has 10 heteroatoms. The number of hydrogen-bond acceptors (Lipinski definition) is 6. The predicted octanol–water partition coefficient (Wildman–Crippen LogP) is 9.66. The van der Waals surface area contributed by atoms with Crippen LogP contribution in [-0.4, -0.2) is 28.0 Å². The average molecular weight is 715 g/mol. The normalized spacial score (nSPS) is 11.8. The Labute approximate surface area is 303 Å². The Kier molecular flexibility index (Phi) is 11.2. The van der Waals surface area contributed by atoms with E-state index in [1.165, 1.54) is 23.1 Å². The minimum atomic E-state index is -0.493. The summed E-state index contributed by atoms with van der Waals surface area (Å²) in [6.45, 7) is 1.80. The van der Waals surface area contributed by atoms with E-state index in [0.29, 0.717) is 27.1 Å². The topological polar surface area (TPSA) is 100 Å². The SMILES string of the molecule is CC(Sc1cccc(NC(=O)/C(=C\c2ccc(-c3ccccc3)cc2)NC(=O)c2ccccc2)c1)C(=O)Nc1nc(-c2ccccc2Cl)cs1. The number of nitrogens with zero attached hydrogens (tertiary/aromatic N) is 1. The standard InChI is InChI=1S/C40H31ClN4O3S2/c1-26(37(46)45-40-44-36(25-49-40)33-17-8-9-18-34(33)41)50-32-16-10-15-31(24-32)42-39(48)35(43-38(47)30-13-6-3-7-14-30)23-27-19-21-29(22-20-27)28-11-4-2-5-12-28/h2-26H,1H3,(H,42,48)(H,43,47)(H,44,45,46)/b35-23+. The fraction of sp³-hybridized carbons (Fsp3) is 0.0500. The van der Waals surface area contributed by atoms with E-state index in [4.69, 9.17) is 11.6 Å². The number of halogens is 1. The van der Waals surface area contributed by atoms with Gasteiger partial charge in [0.1, 0.15) is 5.70 Å². The second kappa shape index (κ2) is 16.3. The molecule has 0 aliphatic heterocycles. The molecule has 6 aromatic rings. The molecule has 0 fully saturated rings. The van der Waals surface area contributed by atoms with Crippen molar-refractivity contribution >= 4 is 69.3 Å². The van der Waals surface area contributed by atoms with E-state index in [9.17, 15) is 14.4 Å². The number of anilines is 2. The number of rotatable bonds is 11. The summed E-state index contributed by atoms with van der Waals surface area (Å²) in [5, 5.41) is 11.0. The molecular weight excluding hydrogens is 684 g/mol. The highest BCUT2D eigenvalue weighted by molar-refractivity contribution is 8.00. The lowest BCUT2D eigenvalue weighted by atomic mass is 10.0. The van der Waals surface area contributed by atoms with Crippen LogP contribution in [0.2, 0.25) is 5.02 Å². The van der Waals surface area contributed by atoms with Crippen LogP contribution in [0.15, 0.2) is 149 Å². The largest absolute Gasteiger partial charge is 0.321 e. The molecule has 1 heterocycles. The molecule has 0 radical (unpaired) electrons. The van der Waals surface area contributed by atoms with Crippen molar-refractivity contribution in [1.82, 2.24) is 10.3 Å². The van der Waals surface area contributed by atoms with Gasteiger partial charge in [0.2, 0.25) is 5.91 Å². The van der Waals surface area contributed by atoms with Crippen LogP contribution in [0.5, 0.6) is 0 Å². The lowest BCUT2D eigenvalue weighted by Crippen LogP contribution is -2.30. The van der Waals surface area contributed by atoms with Crippen molar-refractivity contribution in [2.75, 3.05) is 10.6 Å². The number of thioether (sulfide) groups is 1. The molecule has 3 amide bonds. The summed E-state index contributed by atoms with van der Waals surface area (Å²) in [4.78, 5) is 45.2. The summed E-state index contributed by atoms with van der Waals surface area (Å²) in [6.07, 6.45) is 1.64. The van der Waals surface area contributed by atoms with E-state index in [-0.39, 0.29) is 11.6 Å². The quantitative estimate of drug-likeness (QED) is 0.0917. The van der Waals surface area contributed by atoms with E-state index in [0.717, 1.165) is 27.1 Å². The monoisotopic (exact) mass is 714 g/mol. The fourth-order valence-corrected chi connectivity index (χ4v) is 6.82. The van der Waals surface area contributed by atoms with Gasteiger partial charge in [-0.25, -0.2) is 4.98 Å². The molecule has 0 bridgehead atoms. The van der Waals surface area contributed by atoms with Crippen LogP contribution in [0.25, 0.3) is 28.5 Å². The Balaban J connectivity index is 1.14. The summed E-state index contributed by atoms with van der Waals surface area (Å²) in [5.74, 6) is -1.11. The molecule has 248 valence electrons. The molecule has 1 aromatic heterocycles. The van der Waals surface area contributed by atoms with E-state index in [1.807, 2.05) is 90.3 Å². The maximum absolute atomic E-state index is 13.7. The minimum Gasteiger partial charge on any atom is -0.321 e. The molecule has 0 saturated heterocycles. The van der Waals surface area contributed by atoms with Crippen molar-refractivity contribution in [1.29, 1.82) is 0 Å². The van der Waals surface area contributed by atoms with Gasteiger partial charge in [-0.1, -0.05) is 109 Å². The van der Waals surface area contributed by atoms with Gasteiger partial charge in [-0.2, -0.15) is 0 Å². The van der Waals surface area contributed by atoms with Crippen molar-refractivity contribution in [2.24, 2.45) is 0 Å². The van der Waals surface area contributed by atoms with Crippen LogP contribution in [-0.2, 0) is 9.59 Å². The first-order valence-corrected chi connectivity index (χ1v) is 17.8. The van der Waals surface area contributed by atoms with Gasteiger partial charge in [-0.3, -0.25) is 14.4 Å². The molecule has 3 N–H and O–H groups in total. The van der Waals surface area contributed by atoms with Crippen molar-refractivity contribution in [3.63, 3.8) is 0 Å². The third-order valence-electron chi connectivity index (χ3n) is 7.52. The third kappa shape index (κ3) is 8.95. The first-order valence-electron chi connectivity index (χ1n) is 15.7. The van der Waals surface area contributed by atoms with Gasteiger partial charge in [-0.15, -0.1) is 23.1 Å². The third-order valence-corrected chi connectivity index (χ3v) is 9.70. The molecule has 50 heavy (non-hydrogen) atoms. The van der Waals surface area contributed by atoms with Gasteiger partial charge in [-0.05, 0) is 66.1 Å². The maximum Gasteiger partial charge on any atom is 0.272 e. The number of thiazole rings is 1. The van der Waals surface area contributed by atoms with Crippen molar-refractivity contribution in [2.45, 2.75) is 17.1 Å². The van der Waals surface area contributed by atoms with Crippen LogP contribution in [0, 0.1) is 0 Å². The van der Waals surface area contributed by atoms with E-state index in [2.05, 4.69) is 20.9 Å². The highest BCUT2D eigenvalue weighted by Gasteiger charge is 2.19. The molecule has 1 unspecified atom stereocenters. The maximum atomic E-state index is 13.7. The Morgan fingerprint density at radius 2 is 1.46 bits per heavy atom. The van der Waals surface area contributed by atoms with E-state index < -0.39 is 17.1 Å². The molecule has 0 spiro atoms. The van der Waals surface area contributed by atoms with Crippen LogP contribution >= 0.6 is 34.7 Å². The second-order valence-corrected chi connectivity index (χ2v) is 13.8. The van der Waals surface area contributed by atoms with Gasteiger partial charge in [0.25, 0.3) is 11.8 Å². The summed E-state index contributed by atoms with van der Waals surface area (Å²) in [5.41, 5.74) is 5.36. The summed E-state index contributed by atoms with van der Waals surface area (Å²) < 4.78 is 0. The van der Waals surface area contributed by atoms with Gasteiger partial charge in [0, 0.05) is 32.1 Å². The molecule has 0 saturated carbocycles.